The van der Waals surface area contributed by atoms with Gasteiger partial charge in [0, 0.05) is 25.3 Å². The standard InChI is InChI=1S/C17H30N2/c1-6-16(18)12-15-7-8-17(11-14(15)4)19(5)10-9-13(2)3/h7-8,11,13,16H,6,9-10,12,18H2,1-5H3. The predicted molar refractivity (Wildman–Crippen MR) is 85.9 cm³/mol. The highest BCUT2D eigenvalue weighted by Crippen LogP contribution is 2.20. The number of hydrogen-bond acceptors (Lipinski definition) is 2. The minimum Gasteiger partial charge on any atom is -0.375 e. The van der Waals surface area contributed by atoms with Crippen molar-refractivity contribution in [1.82, 2.24) is 0 Å². The Morgan fingerprint density at radius 1 is 1.26 bits per heavy atom. The van der Waals surface area contributed by atoms with Crippen molar-refractivity contribution in [2.45, 2.75) is 53.0 Å². The van der Waals surface area contributed by atoms with E-state index in [2.05, 4.69) is 57.8 Å². The van der Waals surface area contributed by atoms with Crippen LogP contribution in [-0.4, -0.2) is 19.6 Å². The smallest absolute Gasteiger partial charge is 0.0366 e. The molecule has 0 saturated carbocycles. The highest BCUT2D eigenvalue weighted by molar-refractivity contribution is 5.50. The lowest BCUT2D eigenvalue weighted by Crippen LogP contribution is -2.22. The van der Waals surface area contributed by atoms with Gasteiger partial charge in [-0.1, -0.05) is 26.8 Å². The maximum Gasteiger partial charge on any atom is 0.0366 e. The number of benzene rings is 1. The third-order valence-electron chi connectivity index (χ3n) is 3.82. The zero-order valence-corrected chi connectivity index (χ0v) is 13.2. The molecule has 0 fully saturated rings. The molecule has 1 aromatic carbocycles. The molecule has 0 saturated heterocycles. The maximum absolute atomic E-state index is 6.04. The second kappa shape index (κ2) is 7.54. The van der Waals surface area contributed by atoms with Crippen LogP contribution in [0.4, 0.5) is 5.69 Å². The van der Waals surface area contributed by atoms with Gasteiger partial charge in [0.2, 0.25) is 0 Å². The van der Waals surface area contributed by atoms with Crippen molar-refractivity contribution in [3.63, 3.8) is 0 Å². The summed E-state index contributed by atoms with van der Waals surface area (Å²) < 4.78 is 0. The van der Waals surface area contributed by atoms with Crippen LogP contribution >= 0.6 is 0 Å². The SMILES string of the molecule is CCC(N)Cc1ccc(N(C)CCC(C)C)cc1C. The second-order valence-electron chi connectivity index (χ2n) is 6.09. The molecule has 1 aromatic rings. The van der Waals surface area contributed by atoms with Crippen molar-refractivity contribution in [2.75, 3.05) is 18.5 Å². The van der Waals surface area contributed by atoms with Gasteiger partial charge in [-0.3, -0.25) is 0 Å². The Balaban J connectivity index is 2.70. The van der Waals surface area contributed by atoms with E-state index in [1.54, 1.807) is 0 Å². The van der Waals surface area contributed by atoms with E-state index in [4.69, 9.17) is 5.73 Å². The monoisotopic (exact) mass is 262 g/mol. The predicted octanol–water partition coefficient (Wildman–Crippen LogP) is 3.76. The van der Waals surface area contributed by atoms with Crippen LogP contribution in [0.25, 0.3) is 0 Å². The van der Waals surface area contributed by atoms with Crippen LogP contribution in [-0.2, 0) is 6.42 Å². The van der Waals surface area contributed by atoms with Crippen LogP contribution in [0, 0.1) is 12.8 Å². The molecule has 0 spiro atoms. The minimum absolute atomic E-state index is 0.281. The Labute approximate surface area is 119 Å². The van der Waals surface area contributed by atoms with Gasteiger partial charge in [0.15, 0.2) is 0 Å². The Bertz CT molecular complexity index is 385. The summed E-state index contributed by atoms with van der Waals surface area (Å²) in [6, 6.07) is 7.04. The van der Waals surface area contributed by atoms with Crippen molar-refractivity contribution >= 4 is 5.69 Å². The molecular weight excluding hydrogens is 232 g/mol. The summed E-state index contributed by atoms with van der Waals surface area (Å²) in [6.45, 7) is 10.00. The molecule has 0 radical (unpaired) electrons. The quantitative estimate of drug-likeness (QED) is 0.810. The normalized spacial score (nSPS) is 12.8. The van der Waals surface area contributed by atoms with Gasteiger partial charge in [0.1, 0.15) is 0 Å². The molecule has 2 heteroatoms. The third-order valence-corrected chi connectivity index (χ3v) is 3.82. The molecule has 0 aliphatic carbocycles. The van der Waals surface area contributed by atoms with E-state index >= 15 is 0 Å². The maximum atomic E-state index is 6.04. The molecule has 2 nitrogen and oxygen atoms in total. The molecule has 2 N–H and O–H groups in total. The van der Waals surface area contributed by atoms with Crippen LogP contribution < -0.4 is 10.6 Å². The molecule has 0 aliphatic rings. The van der Waals surface area contributed by atoms with Crippen molar-refractivity contribution in [1.29, 1.82) is 0 Å². The Morgan fingerprint density at radius 2 is 1.95 bits per heavy atom. The number of anilines is 1. The van der Waals surface area contributed by atoms with Crippen molar-refractivity contribution in [3.05, 3.63) is 29.3 Å². The first-order valence-corrected chi connectivity index (χ1v) is 7.50. The third kappa shape index (κ3) is 5.23. The Morgan fingerprint density at radius 3 is 2.47 bits per heavy atom. The summed E-state index contributed by atoms with van der Waals surface area (Å²) in [7, 11) is 2.18. The van der Waals surface area contributed by atoms with Gasteiger partial charge in [0.05, 0.1) is 0 Å². The lowest BCUT2D eigenvalue weighted by Gasteiger charge is -2.22. The van der Waals surface area contributed by atoms with Gasteiger partial charge in [-0.2, -0.15) is 0 Å². The molecule has 0 amide bonds. The highest BCUT2D eigenvalue weighted by Gasteiger charge is 2.07. The lowest BCUT2D eigenvalue weighted by molar-refractivity contribution is 0.585. The van der Waals surface area contributed by atoms with Crippen LogP contribution in [0.2, 0.25) is 0 Å². The molecule has 0 heterocycles. The number of rotatable bonds is 7. The molecule has 1 atom stereocenters. The molecular formula is C17H30N2. The molecule has 0 bridgehead atoms. The largest absolute Gasteiger partial charge is 0.375 e. The Hall–Kier alpha value is -1.02. The fourth-order valence-corrected chi connectivity index (χ4v) is 2.15. The number of aryl methyl sites for hydroxylation is 1. The molecule has 0 aromatic heterocycles. The Kier molecular flexibility index (Phi) is 6.36. The zero-order chi connectivity index (χ0) is 14.4. The van der Waals surface area contributed by atoms with Gasteiger partial charge in [-0.25, -0.2) is 0 Å². The number of nitrogens with zero attached hydrogens (tertiary/aromatic N) is 1. The molecule has 1 unspecified atom stereocenters. The summed E-state index contributed by atoms with van der Waals surface area (Å²) in [5.41, 5.74) is 10.1. The summed E-state index contributed by atoms with van der Waals surface area (Å²) in [5, 5.41) is 0. The van der Waals surface area contributed by atoms with Crippen molar-refractivity contribution < 1.29 is 0 Å². The molecule has 1 rings (SSSR count). The van der Waals surface area contributed by atoms with E-state index in [0.717, 1.165) is 25.3 Å². The van der Waals surface area contributed by atoms with Gasteiger partial charge in [-0.15, -0.1) is 0 Å². The highest BCUT2D eigenvalue weighted by atomic mass is 15.1. The minimum atomic E-state index is 0.281. The first-order chi connectivity index (χ1) is 8.93. The lowest BCUT2D eigenvalue weighted by atomic mass is 9.99. The van der Waals surface area contributed by atoms with E-state index in [0.29, 0.717) is 0 Å². The summed E-state index contributed by atoms with van der Waals surface area (Å²) >= 11 is 0. The summed E-state index contributed by atoms with van der Waals surface area (Å²) in [5.74, 6) is 0.755. The van der Waals surface area contributed by atoms with Crippen molar-refractivity contribution in [2.24, 2.45) is 11.7 Å². The van der Waals surface area contributed by atoms with Gasteiger partial charge in [0.25, 0.3) is 0 Å². The first kappa shape index (κ1) is 16.0. The first-order valence-electron chi connectivity index (χ1n) is 7.50. The fourth-order valence-electron chi connectivity index (χ4n) is 2.15. The molecule has 0 aliphatic heterocycles. The topological polar surface area (TPSA) is 29.3 Å². The van der Waals surface area contributed by atoms with Gasteiger partial charge < -0.3 is 10.6 Å². The van der Waals surface area contributed by atoms with Crippen LogP contribution in [0.5, 0.6) is 0 Å². The second-order valence-corrected chi connectivity index (χ2v) is 6.09. The van der Waals surface area contributed by atoms with Crippen LogP contribution in [0.3, 0.4) is 0 Å². The average molecular weight is 262 g/mol. The van der Waals surface area contributed by atoms with Crippen LogP contribution in [0.1, 0.15) is 44.7 Å². The number of nitrogens with two attached hydrogens (primary N) is 1. The van der Waals surface area contributed by atoms with Gasteiger partial charge in [-0.05, 0) is 55.4 Å². The van der Waals surface area contributed by atoms with E-state index in [1.807, 2.05) is 0 Å². The van der Waals surface area contributed by atoms with E-state index in [-0.39, 0.29) is 6.04 Å². The summed E-state index contributed by atoms with van der Waals surface area (Å²) in [6.07, 6.45) is 3.26. The van der Waals surface area contributed by atoms with E-state index in [1.165, 1.54) is 23.2 Å². The van der Waals surface area contributed by atoms with E-state index < -0.39 is 0 Å². The van der Waals surface area contributed by atoms with Crippen molar-refractivity contribution in [3.8, 4) is 0 Å². The molecule has 108 valence electrons. The summed E-state index contributed by atoms with van der Waals surface area (Å²) in [4.78, 5) is 2.34. The van der Waals surface area contributed by atoms with Gasteiger partial charge >= 0.3 is 0 Å². The fraction of sp³-hybridized carbons (Fsp3) is 0.647. The van der Waals surface area contributed by atoms with E-state index in [9.17, 15) is 0 Å². The average Bonchev–Trinajstić information content (AvgIpc) is 2.37. The van der Waals surface area contributed by atoms with Crippen LogP contribution in [0.15, 0.2) is 18.2 Å². The number of hydrogen-bond donors (Lipinski definition) is 1. The zero-order valence-electron chi connectivity index (χ0n) is 13.2. The molecule has 19 heavy (non-hydrogen) atoms.